The molecule has 1 aromatic carbocycles. The fourth-order valence-electron chi connectivity index (χ4n) is 4.27. The summed E-state index contributed by atoms with van der Waals surface area (Å²) in [6.07, 6.45) is 3.80. The standard InChI is InChI=1S/C22H24N2O4S/c25-21(23-9-11-27-12-10-23)18-14-24(16-6-2-3-7-17(16)28-18)22(26)20-13-15-5-1-4-8-19(15)29-20/h2-3,6-7,13,18H,1,4-5,8-12,14H2/t18-/m1/s1. The van der Waals surface area contributed by atoms with Gasteiger partial charge in [-0.1, -0.05) is 12.1 Å². The molecule has 3 heterocycles. The Morgan fingerprint density at radius 3 is 2.69 bits per heavy atom. The second-order valence-electron chi connectivity index (χ2n) is 7.69. The quantitative estimate of drug-likeness (QED) is 0.761. The van der Waals surface area contributed by atoms with Crippen molar-refractivity contribution in [1.29, 1.82) is 0 Å². The first-order valence-electron chi connectivity index (χ1n) is 10.3. The minimum Gasteiger partial charge on any atom is -0.476 e. The normalized spacial score (nSPS) is 21.2. The summed E-state index contributed by atoms with van der Waals surface area (Å²) in [5, 5.41) is 0. The number of benzene rings is 1. The first-order chi connectivity index (χ1) is 14.2. The maximum Gasteiger partial charge on any atom is 0.268 e. The summed E-state index contributed by atoms with van der Waals surface area (Å²) in [6.45, 7) is 2.43. The third kappa shape index (κ3) is 3.53. The number of fused-ring (bicyclic) bond motifs is 2. The van der Waals surface area contributed by atoms with Crippen LogP contribution in [0.1, 0.15) is 33.0 Å². The highest BCUT2D eigenvalue weighted by Crippen LogP contribution is 2.37. The number of thiophene rings is 1. The summed E-state index contributed by atoms with van der Waals surface area (Å²) < 4.78 is 11.4. The van der Waals surface area contributed by atoms with Crippen LogP contribution in [0.3, 0.4) is 0 Å². The number of ether oxygens (including phenoxy) is 2. The zero-order chi connectivity index (χ0) is 19.8. The van der Waals surface area contributed by atoms with Gasteiger partial charge >= 0.3 is 0 Å². The van der Waals surface area contributed by atoms with Gasteiger partial charge in [0.2, 0.25) is 0 Å². The van der Waals surface area contributed by atoms with Gasteiger partial charge in [0.1, 0.15) is 5.75 Å². The van der Waals surface area contributed by atoms with E-state index in [1.165, 1.54) is 23.3 Å². The monoisotopic (exact) mass is 412 g/mol. The van der Waals surface area contributed by atoms with Gasteiger partial charge in [0.05, 0.1) is 30.3 Å². The zero-order valence-corrected chi connectivity index (χ0v) is 17.1. The van der Waals surface area contributed by atoms with Crippen LogP contribution >= 0.6 is 11.3 Å². The molecule has 0 unspecified atom stereocenters. The van der Waals surface area contributed by atoms with Crippen molar-refractivity contribution >= 4 is 28.8 Å². The predicted octanol–water partition coefficient (Wildman–Crippen LogP) is 2.89. The van der Waals surface area contributed by atoms with Gasteiger partial charge in [0.15, 0.2) is 6.10 Å². The Morgan fingerprint density at radius 1 is 1.07 bits per heavy atom. The largest absolute Gasteiger partial charge is 0.476 e. The molecule has 6 nitrogen and oxygen atoms in total. The molecule has 2 aliphatic heterocycles. The molecular formula is C22H24N2O4S. The smallest absolute Gasteiger partial charge is 0.268 e. The third-order valence-electron chi connectivity index (χ3n) is 5.82. The summed E-state index contributed by atoms with van der Waals surface area (Å²) >= 11 is 1.61. The van der Waals surface area contributed by atoms with E-state index in [0.29, 0.717) is 32.1 Å². The molecule has 0 saturated carbocycles. The molecule has 0 N–H and O–H groups in total. The molecule has 0 radical (unpaired) electrons. The van der Waals surface area contributed by atoms with E-state index in [0.717, 1.165) is 23.4 Å². The van der Waals surface area contributed by atoms with Gasteiger partial charge in [-0.3, -0.25) is 14.5 Å². The molecule has 1 aromatic heterocycles. The van der Waals surface area contributed by atoms with Gasteiger partial charge in [0, 0.05) is 18.0 Å². The number of anilines is 1. The van der Waals surface area contributed by atoms with Crippen molar-refractivity contribution in [2.45, 2.75) is 31.8 Å². The topological polar surface area (TPSA) is 59.1 Å². The average molecular weight is 413 g/mol. The van der Waals surface area contributed by atoms with E-state index < -0.39 is 6.10 Å². The summed E-state index contributed by atoms with van der Waals surface area (Å²) in [5.74, 6) is 0.464. The molecule has 2 aromatic rings. The molecular weight excluding hydrogens is 388 g/mol. The lowest BCUT2D eigenvalue weighted by Gasteiger charge is -2.37. The Labute approximate surface area is 174 Å². The van der Waals surface area contributed by atoms with Gasteiger partial charge in [-0.2, -0.15) is 0 Å². The second-order valence-corrected chi connectivity index (χ2v) is 8.83. The number of amides is 2. The Hall–Kier alpha value is -2.38. The molecule has 3 aliphatic rings. The van der Waals surface area contributed by atoms with E-state index >= 15 is 0 Å². The van der Waals surface area contributed by atoms with Crippen molar-refractivity contribution in [3.8, 4) is 5.75 Å². The van der Waals surface area contributed by atoms with Crippen molar-refractivity contribution < 1.29 is 19.1 Å². The van der Waals surface area contributed by atoms with Crippen molar-refractivity contribution in [2.24, 2.45) is 0 Å². The first-order valence-corrected chi connectivity index (χ1v) is 11.1. The SMILES string of the molecule is O=C([C@H]1CN(C(=O)c2cc3c(s2)CCCC3)c2ccccc2O1)N1CCOCC1. The molecule has 0 spiro atoms. The van der Waals surface area contributed by atoms with Crippen LogP contribution in [0, 0.1) is 0 Å². The number of hydrogen-bond acceptors (Lipinski definition) is 5. The zero-order valence-electron chi connectivity index (χ0n) is 16.3. The molecule has 29 heavy (non-hydrogen) atoms. The lowest BCUT2D eigenvalue weighted by Crippen LogP contribution is -2.54. The van der Waals surface area contributed by atoms with Gasteiger partial charge in [0.25, 0.3) is 11.8 Å². The van der Waals surface area contributed by atoms with Crippen LogP contribution in [0.25, 0.3) is 0 Å². The number of rotatable bonds is 2. The number of aryl methyl sites for hydroxylation is 2. The number of morpholine rings is 1. The molecule has 2 amide bonds. The molecule has 7 heteroatoms. The Balaban J connectivity index is 1.43. The molecule has 1 aliphatic carbocycles. The van der Waals surface area contributed by atoms with Gasteiger partial charge in [-0.25, -0.2) is 0 Å². The van der Waals surface area contributed by atoms with Crippen LogP contribution in [-0.2, 0) is 22.4 Å². The van der Waals surface area contributed by atoms with Crippen molar-refractivity contribution in [2.75, 3.05) is 37.7 Å². The van der Waals surface area contributed by atoms with Crippen LogP contribution in [0.4, 0.5) is 5.69 Å². The highest BCUT2D eigenvalue weighted by molar-refractivity contribution is 7.14. The second kappa shape index (κ2) is 7.80. The molecule has 5 rings (SSSR count). The Morgan fingerprint density at radius 2 is 1.86 bits per heavy atom. The van der Waals surface area contributed by atoms with E-state index in [-0.39, 0.29) is 18.4 Å². The van der Waals surface area contributed by atoms with Crippen LogP contribution in [0.5, 0.6) is 5.75 Å². The van der Waals surface area contributed by atoms with E-state index in [4.69, 9.17) is 9.47 Å². The van der Waals surface area contributed by atoms with Gasteiger partial charge in [-0.15, -0.1) is 11.3 Å². The Bertz CT molecular complexity index is 911. The number of para-hydroxylation sites is 2. The van der Waals surface area contributed by atoms with Crippen LogP contribution in [-0.4, -0.2) is 55.7 Å². The van der Waals surface area contributed by atoms with Crippen molar-refractivity contribution in [1.82, 2.24) is 4.90 Å². The van der Waals surface area contributed by atoms with Gasteiger partial charge in [-0.05, 0) is 49.4 Å². The molecule has 1 fully saturated rings. The van der Waals surface area contributed by atoms with Crippen LogP contribution < -0.4 is 9.64 Å². The highest BCUT2D eigenvalue weighted by atomic mass is 32.1. The van der Waals surface area contributed by atoms with E-state index in [1.807, 2.05) is 24.3 Å². The van der Waals surface area contributed by atoms with Gasteiger partial charge < -0.3 is 14.4 Å². The molecule has 1 saturated heterocycles. The molecule has 1 atom stereocenters. The first kappa shape index (κ1) is 18.6. The maximum atomic E-state index is 13.5. The number of carbonyl (C=O) groups is 2. The lowest BCUT2D eigenvalue weighted by molar-refractivity contribution is -0.142. The highest BCUT2D eigenvalue weighted by Gasteiger charge is 2.37. The maximum absolute atomic E-state index is 13.5. The number of hydrogen-bond donors (Lipinski definition) is 0. The predicted molar refractivity (Wildman–Crippen MR) is 111 cm³/mol. The van der Waals surface area contributed by atoms with Crippen molar-refractivity contribution in [3.63, 3.8) is 0 Å². The minimum atomic E-state index is -0.693. The van der Waals surface area contributed by atoms with E-state index in [2.05, 4.69) is 6.07 Å². The average Bonchev–Trinajstić information content (AvgIpc) is 3.22. The summed E-state index contributed by atoms with van der Waals surface area (Å²) in [7, 11) is 0. The Kier molecular flexibility index (Phi) is 5.01. The van der Waals surface area contributed by atoms with E-state index in [9.17, 15) is 9.59 Å². The molecule has 0 bridgehead atoms. The van der Waals surface area contributed by atoms with Crippen molar-refractivity contribution in [3.05, 3.63) is 45.6 Å². The summed E-state index contributed by atoms with van der Waals surface area (Å²) in [4.78, 5) is 32.1. The minimum absolute atomic E-state index is 0.0417. The number of nitrogens with zero attached hydrogens (tertiary/aromatic N) is 2. The summed E-state index contributed by atoms with van der Waals surface area (Å²) in [6, 6.07) is 9.53. The van der Waals surface area contributed by atoms with E-state index in [1.54, 1.807) is 21.1 Å². The summed E-state index contributed by atoms with van der Waals surface area (Å²) in [5.41, 5.74) is 2.04. The molecule has 152 valence electrons. The van der Waals surface area contributed by atoms with Crippen LogP contribution in [0.2, 0.25) is 0 Å². The van der Waals surface area contributed by atoms with Crippen LogP contribution in [0.15, 0.2) is 30.3 Å². The lowest BCUT2D eigenvalue weighted by atomic mass is 9.99. The fraction of sp³-hybridized carbons (Fsp3) is 0.455. The fourth-order valence-corrected chi connectivity index (χ4v) is 5.47. The third-order valence-corrected chi connectivity index (χ3v) is 7.05. The number of carbonyl (C=O) groups excluding carboxylic acids is 2.